The summed E-state index contributed by atoms with van der Waals surface area (Å²) in [5.74, 6) is -0.513. The van der Waals surface area contributed by atoms with Gasteiger partial charge in [0.25, 0.3) is 11.8 Å². The van der Waals surface area contributed by atoms with Crippen molar-refractivity contribution in [2.75, 3.05) is 25.6 Å². The van der Waals surface area contributed by atoms with Gasteiger partial charge in [0.05, 0.1) is 12.3 Å². The molecule has 0 spiro atoms. The minimum atomic E-state index is -0.275. The second-order valence-electron chi connectivity index (χ2n) is 4.76. The second kappa shape index (κ2) is 8.45. The Labute approximate surface area is 143 Å². The van der Waals surface area contributed by atoms with Crippen LogP contribution in [0.3, 0.4) is 0 Å². The number of rotatable bonds is 6. The van der Waals surface area contributed by atoms with Gasteiger partial charge in [-0.2, -0.15) is 0 Å². The molecular formula is C17H17BrN2O3. The first-order valence-corrected chi connectivity index (χ1v) is 7.84. The fraction of sp³-hybridized carbons (Fsp3) is 0.176. The summed E-state index contributed by atoms with van der Waals surface area (Å²) >= 11 is 3.38. The summed E-state index contributed by atoms with van der Waals surface area (Å²) in [5.41, 5.74) is 1.52. The van der Waals surface area contributed by atoms with Crippen LogP contribution in [-0.2, 0) is 4.74 Å². The number of benzene rings is 2. The normalized spacial score (nSPS) is 10.2. The van der Waals surface area contributed by atoms with E-state index in [4.69, 9.17) is 4.74 Å². The molecule has 2 aromatic rings. The molecular weight excluding hydrogens is 360 g/mol. The highest BCUT2D eigenvalue weighted by Gasteiger charge is 2.11. The summed E-state index contributed by atoms with van der Waals surface area (Å²) in [7, 11) is 1.57. The van der Waals surface area contributed by atoms with Crippen molar-refractivity contribution in [3.8, 4) is 0 Å². The minimum Gasteiger partial charge on any atom is -0.383 e. The van der Waals surface area contributed by atoms with Crippen LogP contribution in [0.4, 0.5) is 5.69 Å². The molecule has 2 N–H and O–H groups in total. The van der Waals surface area contributed by atoms with Crippen molar-refractivity contribution in [1.82, 2.24) is 5.32 Å². The van der Waals surface area contributed by atoms with E-state index in [0.717, 1.165) is 4.47 Å². The van der Waals surface area contributed by atoms with Crippen molar-refractivity contribution in [2.45, 2.75) is 0 Å². The number of ether oxygens (including phenoxy) is 1. The number of methoxy groups -OCH3 is 1. The third kappa shape index (κ3) is 4.91. The summed E-state index contributed by atoms with van der Waals surface area (Å²) in [6.45, 7) is 0.858. The highest BCUT2D eigenvalue weighted by atomic mass is 79.9. The van der Waals surface area contributed by atoms with Crippen LogP contribution in [0, 0.1) is 0 Å². The van der Waals surface area contributed by atoms with Crippen LogP contribution in [0.1, 0.15) is 20.7 Å². The van der Waals surface area contributed by atoms with Crippen LogP contribution in [0.25, 0.3) is 0 Å². The molecule has 6 heteroatoms. The van der Waals surface area contributed by atoms with Crippen LogP contribution in [0.2, 0.25) is 0 Å². The van der Waals surface area contributed by atoms with Gasteiger partial charge in [-0.25, -0.2) is 0 Å². The Morgan fingerprint density at radius 2 is 1.74 bits per heavy atom. The number of amides is 2. The summed E-state index contributed by atoms with van der Waals surface area (Å²) in [6, 6.07) is 13.9. The molecule has 0 bridgehead atoms. The average molecular weight is 377 g/mol. The zero-order chi connectivity index (χ0) is 16.7. The summed E-state index contributed by atoms with van der Waals surface area (Å²) < 4.78 is 5.68. The van der Waals surface area contributed by atoms with Gasteiger partial charge in [0, 0.05) is 29.3 Å². The van der Waals surface area contributed by atoms with Gasteiger partial charge in [0.2, 0.25) is 0 Å². The van der Waals surface area contributed by atoms with Crippen molar-refractivity contribution in [3.05, 3.63) is 64.1 Å². The number of para-hydroxylation sites is 1. The van der Waals surface area contributed by atoms with Crippen molar-refractivity contribution >= 4 is 33.4 Å². The number of carbonyl (C=O) groups is 2. The van der Waals surface area contributed by atoms with Gasteiger partial charge in [0.1, 0.15) is 0 Å². The summed E-state index contributed by atoms with van der Waals surface area (Å²) in [6.07, 6.45) is 0. The smallest absolute Gasteiger partial charge is 0.255 e. The standard InChI is InChI=1S/C17H17BrN2O3/c1-23-10-9-19-16(21)12-5-4-6-13(11-12)17(22)20-15-8-3-2-7-14(15)18/h2-8,11H,9-10H2,1H3,(H,19,21)(H,20,22). The van der Waals surface area contributed by atoms with E-state index in [2.05, 4.69) is 26.6 Å². The Balaban J connectivity index is 2.08. The Hall–Kier alpha value is -2.18. The second-order valence-corrected chi connectivity index (χ2v) is 5.62. The van der Waals surface area contributed by atoms with Gasteiger partial charge in [0.15, 0.2) is 0 Å². The fourth-order valence-electron chi connectivity index (χ4n) is 1.93. The van der Waals surface area contributed by atoms with E-state index in [1.807, 2.05) is 18.2 Å². The predicted molar refractivity (Wildman–Crippen MR) is 92.7 cm³/mol. The quantitative estimate of drug-likeness (QED) is 0.761. The van der Waals surface area contributed by atoms with E-state index in [-0.39, 0.29) is 11.8 Å². The number of hydrogen-bond donors (Lipinski definition) is 2. The van der Waals surface area contributed by atoms with Crippen LogP contribution < -0.4 is 10.6 Å². The topological polar surface area (TPSA) is 67.4 Å². The Bertz CT molecular complexity index is 704. The monoisotopic (exact) mass is 376 g/mol. The van der Waals surface area contributed by atoms with E-state index < -0.39 is 0 Å². The number of hydrogen-bond acceptors (Lipinski definition) is 3. The molecule has 0 unspecified atom stereocenters. The van der Waals surface area contributed by atoms with Gasteiger partial charge in [-0.3, -0.25) is 9.59 Å². The first-order chi connectivity index (χ1) is 11.1. The van der Waals surface area contributed by atoms with E-state index in [0.29, 0.717) is 30.0 Å². The minimum absolute atomic E-state index is 0.238. The average Bonchev–Trinajstić information content (AvgIpc) is 2.57. The van der Waals surface area contributed by atoms with Crippen molar-refractivity contribution in [2.24, 2.45) is 0 Å². The summed E-state index contributed by atoms with van der Waals surface area (Å²) in [5, 5.41) is 5.53. The molecule has 0 aliphatic heterocycles. The number of nitrogens with one attached hydrogen (secondary N) is 2. The Kier molecular flexibility index (Phi) is 6.31. The fourth-order valence-corrected chi connectivity index (χ4v) is 2.31. The van der Waals surface area contributed by atoms with E-state index in [1.165, 1.54) is 0 Å². The lowest BCUT2D eigenvalue weighted by Crippen LogP contribution is -2.27. The zero-order valence-corrected chi connectivity index (χ0v) is 14.2. The Morgan fingerprint density at radius 1 is 1.04 bits per heavy atom. The molecule has 0 aliphatic rings. The van der Waals surface area contributed by atoms with Crippen LogP contribution in [0.15, 0.2) is 53.0 Å². The van der Waals surface area contributed by atoms with Crippen LogP contribution >= 0.6 is 15.9 Å². The van der Waals surface area contributed by atoms with Crippen LogP contribution in [0.5, 0.6) is 0 Å². The molecule has 0 atom stereocenters. The SMILES string of the molecule is COCCNC(=O)c1cccc(C(=O)Nc2ccccc2Br)c1. The predicted octanol–water partition coefficient (Wildman–Crippen LogP) is 3.08. The lowest BCUT2D eigenvalue weighted by Gasteiger charge is -2.09. The van der Waals surface area contributed by atoms with Crippen molar-refractivity contribution < 1.29 is 14.3 Å². The zero-order valence-electron chi connectivity index (χ0n) is 12.6. The van der Waals surface area contributed by atoms with Gasteiger partial charge < -0.3 is 15.4 Å². The largest absolute Gasteiger partial charge is 0.383 e. The highest BCUT2D eigenvalue weighted by Crippen LogP contribution is 2.22. The maximum Gasteiger partial charge on any atom is 0.255 e. The third-order valence-corrected chi connectivity index (χ3v) is 3.79. The van der Waals surface area contributed by atoms with E-state index >= 15 is 0 Å². The molecule has 23 heavy (non-hydrogen) atoms. The molecule has 2 amide bonds. The van der Waals surface area contributed by atoms with Gasteiger partial charge in [-0.05, 0) is 46.3 Å². The van der Waals surface area contributed by atoms with Crippen LogP contribution in [-0.4, -0.2) is 32.1 Å². The summed E-state index contributed by atoms with van der Waals surface area (Å²) in [4.78, 5) is 24.3. The lowest BCUT2D eigenvalue weighted by atomic mass is 10.1. The molecule has 2 aromatic carbocycles. The number of anilines is 1. The molecule has 0 aromatic heterocycles. The molecule has 0 heterocycles. The highest BCUT2D eigenvalue weighted by molar-refractivity contribution is 9.10. The maximum absolute atomic E-state index is 12.3. The molecule has 0 saturated carbocycles. The molecule has 5 nitrogen and oxygen atoms in total. The maximum atomic E-state index is 12.3. The first kappa shape index (κ1) is 17.2. The molecule has 120 valence electrons. The molecule has 0 radical (unpaired) electrons. The molecule has 0 aliphatic carbocycles. The molecule has 2 rings (SSSR count). The third-order valence-electron chi connectivity index (χ3n) is 3.10. The molecule has 0 fully saturated rings. The van der Waals surface area contributed by atoms with Crippen molar-refractivity contribution in [3.63, 3.8) is 0 Å². The van der Waals surface area contributed by atoms with E-state index in [9.17, 15) is 9.59 Å². The van der Waals surface area contributed by atoms with Gasteiger partial charge >= 0.3 is 0 Å². The van der Waals surface area contributed by atoms with Gasteiger partial charge in [-0.15, -0.1) is 0 Å². The Morgan fingerprint density at radius 3 is 2.43 bits per heavy atom. The lowest BCUT2D eigenvalue weighted by molar-refractivity contribution is 0.0937. The molecule has 0 saturated heterocycles. The van der Waals surface area contributed by atoms with Crippen molar-refractivity contribution in [1.29, 1.82) is 0 Å². The van der Waals surface area contributed by atoms with E-state index in [1.54, 1.807) is 37.4 Å². The van der Waals surface area contributed by atoms with Gasteiger partial charge in [-0.1, -0.05) is 18.2 Å². The number of halogens is 1. The number of carbonyl (C=O) groups excluding carboxylic acids is 2. The first-order valence-electron chi connectivity index (χ1n) is 7.05.